The third kappa shape index (κ3) is 2.68. The number of carbonyl (C=O) groups excluding carboxylic acids is 1. The third-order valence-electron chi connectivity index (χ3n) is 5.36. The van der Waals surface area contributed by atoms with Crippen LogP contribution in [0.1, 0.15) is 39.0 Å². The Kier molecular flexibility index (Phi) is 4.26. The van der Waals surface area contributed by atoms with Gasteiger partial charge in [-0.25, -0.2) is 0 Å². The third-order valence-corrected chi connectivity index (χ3v) is 5.36. The molecule has 0 spiro atoms. The van der Waals surface area contributed by atoms with Crippen LogP contribution >= 0.6 is 12.4 Å². The van der Waals surface area contributed by atoms with Gasteiger partial charge in [-0.05, 0) is 42.9 Å². The van der Waals surface area contributed by atoms with Crippen LogP contribution in [0.5, 0.6) is 0 Å². The van der Waals surface area contributed by atoms with Crippen molar-refractivity contribution in [3.63, 3.8) is 0 Å². The van der Waals surface area contributed by atoms with E-state index in [-0.39, 0.29) is 30.3 Å². The number of allylic oxidation sites excluding steroid dienone is 1. The summed E-state index contributed by atoms with van der Waals surface area (Å²) in [6.45, 7) is 3.10. The molecule has 2 bridgehead atoms. The maximum absolute atomic E-state index is 12.4. The molecular weight excluding hydrogens is 260 g/mol. The number of hydrogen-bond acceptors (Lipinski definition) is 2. The molecule has 4 aliphatic rings. The van der Waals surface area contributed by atoms with Crippen LogP contribution in [0.25, 0.3) is 0 Å². The highest BCUT2D eigenvalue weighted by Crippen LogP contribution is 2.41. The number of amides is 1. The summed E-state index contributed by atoms with van der Waals surface area (Å²) in [7, 11) is 0. The first-order valence-electron chi connectivity index (χ1n) is 7.31. The lowest BCUT2D eigenvalue weighted by atomic mass is 9.65. The monoisotopic (exact) mass is 284 g/mol. The number of carbonyl (C=O) groups is 1. The number of halogens is 1. The summed E-state index contributed by atoms with van der Waals surface area (Å²) in [5.74, 6) is 0.997. The first-order chi connectivity index (χ1) is 8.59. The quantitative estimate of drug-likeness (QED) is 0.781. The standard InChI is InChI=1S/C15H24N2O.ClH/c1-15(7-2-8-15)9-17-14(18)12-10-3-5-11(6-4-10)13(12)16;/h3,5,10-13H,2,4,6-9,16H2,1H3,(H,17,18);1H/t10-,11+,12-,13+;/m0./s1. The molecule has 2 saturated carbocycles. The SMILES string of the molecule is CC1(CNC(=O)[C@@H]2[C@H](N)[C@@H]3C=C[C@H]2CC3)CCC1.Cl. The highest BCUT2D eigenvalue weighted by atomic mass is 35.5. The van der Waals surface area contributed by atoms with Crippen LogP contribution in [-0.4, -0.2) is 18.5 Å². The van der Waals surface area contributed by atoms with Gasteiger partial charge in [0, 0.05) is 12.6 Å². The first kappa shape index (κ1) is 14.9. The Bertz CT molecular complexity index is 378. The molecule has 0 saturated heterocycles. The molecule has 0 unspecified atom stereocenters. The van der Waals surface area contributed by atoms with E-state index in [9.17, 15) is 4.79 Å². The Balaban J connectivity index is 0.00000133. The van der Waals surface area contributed by atoms with Crippen molar-refractivity contribution < 1.29 is 4.79 Å². The second-order valence-corrected chi connectivity index (χ2v) is 6.78. The van der Waals surface area contributed by atoms with Crippen molar-refractivity contribution in [1.29, 1.82) is 0 Å². The van der Waals surface area contributed by atoms with E-state index in [0.717, 1.165) is 19.4 Å². The molecule has 3 nitrogen and oxygen atoms in total. The number of nitrogens with one attached hydrogen (secondary N) is 1. The van der Waals surface area contributed by atoms with Gasteiger partial charge in [0.15, 0.2) is 0 Å². The van der Waals surface area contributed by atoms with Gasteiger partial charge in [0.1, 0.15) is 0 Å². The van der Waals surface area contributed by atoms with E-state index >= 15 is 0 Å². The van der Waals surface area contributed by atoms with Gasteiger partial charge in [0.25, 0.3) is 0 Å². The van der Waals surface area contributed by atoms with Crippen molar-refractivity contribution in [1.82, 2.24) is 5.32 Å². The molecule has 0 aliphatic heterocycles. The molecule has 0 heterocycles. The normalized spacial score (nSPS) is 38.2. The van der Waals surface area contributed by atoms with Gasteiger partial charge in [0.2, 0.25) is 5.91 Å². The smallest absolute Gasteiger partial charge is 0.225 e. The molecule has 4 aliphatic carbocycles. The maximum Gasteiger partial charge on any atom is 0.225 e. The molecule has 3 N–H and O–H groups in total. The molecule has 0 aromatic heterocycles. The topological polar surface area (TPSA) is 55.1 Å². The fraction of sp³-hybridized carbons (Fsp3) is 0.800. The van der Waals surface area contributed by atoms with Crippen LogP contribution in [0.4, 0.5) is 0 Å². The zero-order valence-electron chi connectivity index (χ0n) is 11.6. The summed E-state index contributed by atoms with van der Waals surface area (Å²) < 4.78 is 0. The van der Waals surface area contributed by atoms with E-state index in [1.54, 1.807) is 0 Å². The zero-order chi connectivity index (χ0) is 12.8. The first-order valence-corrected chi connectivity index (χ1v) is 7.31. The largest absolute Gasteiger partial charge is 0.355 e. The molecule has 0 radical (unpaired) electrons. The van der Waals surface area contributed by atoms with Crippen molar-refractivity contribution in [2.24, 2.45) is 28.9 Å². The molecule has 4 heteroatoms. The molecule has 0 aromatic carbocycles. The second-order valence-electron chi connectivity index (χ2n) is 6.78. The molecule has 19 heavy (non-hydrogen) atoms. The Hall–Kier alpha value is -0.540. The Morgan fingerprint density at radius 3 is 2.42 bits per heavy atom. The Morgan fingerprint density at radius 2 is 1.95 bits per heavy atom. The lowest BCUT2D eigenvalue weighted by Crippen LogP contribution is -2.54. The molecule has 108 valence electrons. The summed E-state index contributed by atoms with van der Waals surface area (Å²) in [6, 6.07) is 0.0305. The summed E-state index contributed by atoms with van der Waals surface area (Å²) in [5.41, 5.74) is 6.59. The Morgan fingerprint density at radius 1 is 1.32 bits per heavy atom. The van der Waals surface area contributed by atoms with E-state index in [0.29, 0.717) is 17.3 Å². The van der Waals surface area contributed by atoms with E-state index in [4.69, 9.17) is 5.73 Å². The molecule has 0 aromatic rings. The minimum absolute atomic E-state index is 0. The van der Waals surface area contributed by atoms with Gasteiger partial charge in [-0.3, -0.25) is 4.79 Å². The summed E-state index contributed by atoms with van der Waals surface area (Å²) in [5, 5.41) is 3.16. The predicted octanol–water partition coefficient (Wildman–Crippen LogP) is 2.25. The van der Waals surface area contributed by atoms with Gasteiger partial charge < -0.3 is 11.1 Å². The molecular formula is C15H25ClN2O. The number of fused-ring (bicyclic) bond motifs is 2. The van der Waals surface area contributed by atoms with Crippen LogP contribution in [0, 0.1) is 23.2 Å². The average molecular weight is 285 g/mol. The average Bonchev–Trinajstić information content (AvgIpc) is 2.35. The fourth-order valence-corrected chi connectivity index (χ4v) is 3.78. The minimum atomic E-state index is 0. The zero-order valence-corrected chi connectivity index (χ0v) is 12.4. The van der Waals surface area contributed by atoms with Gasteiger partial charge in [-0.1, -0.05) is 25.5 Å². The van der Waals surface area contributed by atoms with Crippen LogP contribution < -0.4 is 11.1 Å². The lowest BCUT2D eigenvalue weighted by Gasteiger charge is -2.43. The van der Waals surface area contributed by atoms with Gasteiger partial charge in [-0.2, -0.15) is 0 Å². The minimum Gasteiger partial charge on any atom is -0.355 e. The van der Waals surface area contributed by atoms with E-state index < -0.39 is 0 Å². The van der Waals surface area contributed by atoms with Gasteiger partial charge >= 0.3 is 0 Å². The fourth-order valence-electron chi connectivity index (χ4n) is 3.78. The van der Waals surface area contributed by atoms with Crippen molar-refractivity contribution in [2.75, 3.05) is 6.54 Å². The van der Waals surface area contributed by atoms with Crippen LogP contribution in [0.15, 0.2) is 12.2 Å². The van der Waals surface area contributed by atoms with Crippen LogP contribution in [0.2, 0.25) is 0 Å². The summed E-state index contributed by atoms with van der Waals surface area (Å²) >= 11 is 0. The van der Waals surface area contributed by atoms with Crippen molar-refractivity contribution >= 4 is 18.3 Å². The molecule has 1 amide bonds. The number of rotatable bonds is 3. The van der Waals surface area contributed by atoms with Crippen molar-refractivity contribution in [2.45, 2.75) is 45.1 Å². The highest BCUT2D eigenvalue weighted by molar-refractivity contribution is 5.85. The number of hydrogen-bond donors (Lipinski definition) is 2. The van der Waals surface area contributed by atoms with Gasteiger partial charge in [-0.15, -0.1) is 12.4 Å². The van der Waals surface area contributed by atoms with E-state index in [1.165, 1.54) is 19.3 Å². The van der Waals surface area contributed by atoms with Gasteiger partial charge in [0.05, 0.1) is 5.92 Å². The van der Waals surface area contributed by atoms with Crippen LogP contribution in [-0.2, 0) is 4.79 Å². The lowest BCUT2D eigenvalue weighted by molar-refractivity contribution is -0.129. The van der Waals surface area contributed by atoms with E-state index in [1.807, 2.05) is 0 Å². The van der Waals surface area contributed by atoms with Crippen molar-refractivity contribution in [3.05, 3.63) is 12.2 Å². The highest BCUT2D eigenvalue weighted by Gasteiger charge is 2.43. The second kappa shape index (κ2) is 5.45. The molecule has 4 atom stereocenters. The van der Waals surface area contributed by atoms with Crippen LogP contribution in [0.3, 0.4) is 0 Å². The predicted molar refractivity (Wildman–Crippen MR) is 79.0 cm³/mol. The summed E-state index contributed by atoms with van der Waals surface area (Å²) in [4.78, 5) is 12.4. The molecule has 4 rings (SSSR count). The maximum atomic E-state index is 12.4. The summed E-state index contributed by atoms with van der Waals surface area (Å²) in [6.07, 6.45) is 10.5. The Labute approximate surface area is 121 Å². The van der Waals surface area contributed by atoms with E-state index in [2.05, 4.69) is 24.4 Å². The number of nitrogens with two attached hydrogens (primary N) is 1. The van der Waals surface area contributed by atoms with Crippen molar-refractivity contribution in [3.8, 4) is 0 Å². The molecule has 2 fully saturated rings.